The molecule has 1 aromatic heterocycles. The van der Waals surface area contributed by atoms with Crippen molar-refractivity contribution in [2.45, 2.75) is 26.2 Å². The molecule has 0 bridgehead atoms. The Labute approximate surface area is 169 Å². The fourth-order valence-corrected chi connectivity index (χ4v) is 4.01. The predicted molar refractivity (Wildman–Crippen MR) is 111 cm³/mol. The van der Waals surface area contributed by atoms with Gasteiger partial charge in [0.05, 0.1) is 30.5 Å². The lowest BCUT2D eigenvalue weighted by Gasteiger charge is -2.18. The van der Waals surface area contributed by atoms with Gasteiger partial charge in [-0.3, -0.25) is 9.52 Å². The van der Waals surface area contributed by atoms with Crippen LogP contribution in [-0.2, 0) is 19.6 Å². The first-order valence-electron chi connectivity index (χ1n) is 9.19. The highest BCUT2D eigenvalue weighted by Crippen LogP contribution is 2.37. The van der Waals surface area contributed by atoms with E-state index >= 15 is 0 Å². The summed E-state index contributed by atoms with van der Waals surface area (Å²) in [6, 6.07) is 10.0. The first-order valence-corrected chi connectivity index (χ1v) is 11.1. The predicted octanol–water partition coefficient (Wildman–Crippen LogP) is 4.07. The Morgan fingerprint density at radius 2 is 2.00 bits per heavy atom. The zero-order valence-corrected chi connectivity index (χ0v) is 17.3. The number of nitrogens with one attached hydrogen (secondary N) is 2. The molecular weight excluding hydrogens is 395 g/mol. The minimum absolute atomic E-state index is 0.0372. The van der Waals surface area contributed by atoms with E-state index in [4.69, 9.17) is 4.74 Å². The largest absolute Gasteiger partial charge is 0.466 e. The average molecular weight is 418 g/mol. The number of rotatable bonds is 7. The van der Waals surface area contributed by atoms with Gasteiger partial charge in [0.1, 0.15) is 5.82 Å². The molecule has 3 rings (SSSR count). The maximum absolute atomic E-state index is 14.8. The molecule has 8 heteroatoms. The number of carbonyl (C=O) groups excluding carboxylic acids is 1. The molecule has 1 atom stereocenters. The molecule has 0 saturated carbocycles. The molecule has 2 aromatic carbocycles. The Morgan fingerprint density at radius 1 is 1.24 bits per heavy atom. The number of halogens is 1. The van der Waals surface area contributed by atoms with Gasteiger partial charge in [0.2, 0.25) is 10.0 Å². The molecule has 3 aromatic rings. The zero-order chi connectivity index (χ0) is 21.2. The van der Waals surface area contributed by atoms with Crippen LogP contribution < -0.4 is 4.72 Å². The fourth-order valence-electron chi connectivity index (χ4n) is 3.44. The van der Waals surface area contributed by atoms with Crippen molar-refractivity contribution in [1.29, 1.82) is 0 Å². The normalized spacial score (nSPS) is 12.7. The van der Waals surface area contributed by atoms with Crippen LogP contribution in [0.1, 0.15) is 36.0 Å². The molecule has 0 aliphatic carbocycles. The Morgan fingerprint density at radius 3 is 2.66 bits per heavy atom. The van der Waals surface area contributed by atoms with Crippen molar-refractivity contribution in [3.05, 3.63) is 65.1 Å². The maximum Gasteiger partial charge on any atom is 0.306 e. The first-order chi connectivity index (χ1) is 13.7. The van der Waals surface area contributed by atoms with Crippen LogP contribution in [0, 0.1) is 12.7 Å². The van der Waals surface area contributed by atoms with Gasteiger partial charge in [0, 0.05) is 17.5 Å². The number of aromatic nitrogens is 1. The van der Waals surface area contributed by atoms with Crippen LogP contribution in [0.15, 0.2) is 42.6 Å². The number of aryl methyl sites for hydroxylation is 1. The molecule has 0 aliphatic heterocycles. The lowest BCUT2D eigenvalue weighted by atomic mass is 9.87. The second-order valence-electron chi connectivity index (χ2n) is 6.93. The van der Waals surface area contributed by atoms with Crippen LogP contribution in [-0.4, -0.2) is 32.2 Å². The van der Waals surface area contributed by atoms with Crippen molar-refractivity contribution < 1.29 is 22.3 Å². The number of hydrogen-bond donors (Lipinski definition) is 2. The van der Waals surface area contributed by atoms with Crippen molar-refractivity contribution >= 4 is 32.6 Å². The Hall–Kier alpha value is -2.87. The summed E-state index contributed by atoms with van der Waals surface area (Å²) in [7, 11) is -3.47. The summed E-state index contributed by atoms with van der Waals surface area (Å²) < 4.78 is 45.7. The quantitative estimate of drug-likeness (QED) is 0.566. The molecule has 1 heterocycles. The summed E-state index contributed by atoms with van der Waals surface area (Å²) in [6.45, 7) is 3.74. The zero-order valence-electron chi connectivity index (χ0n) is 16.5. The SMILES string of the molecule is CCOC(=O)CC(c1ccc(C)cc1F)c1c[nH]c2c(NS(C)(=O)=O)cccc12. The third-order valence-electron chi connectivity index (χ3n) is 4.63. The molecule has 0 amide bonds. The summed E-state index contributed by atoms with van der Waals surface area (Å²) in [5.41, 5.74) is 2.79. The minimum Gasteiger partial charge on any atom is -0.466 e. The van der Waals surface area contributed by atoms with Crippen molar-refractivity contribution in [3.63, 3.8) is 0 Å². The van der Waals surface area contributed by atoms with E-state index in [0.29, 0.717) is 27.7 Å². The lowest BCUT2D eigenvalue weighted by molar-refractivity contribution is -0.143. The van der Waals surface area contributed by atoms with E-state index in [2.05, 4.69) is 9.71 Å². The van der Waals surface area contributed by atoms with E-state index < -0.39 is 27.7 Å². The van der Waals surface area contributed by atoms with Gasteiger partial charge in [0.25, 0.3) is 0 Å². The second-order valence-corrected chi connectivity index (χ2v) is 8.68. The molecule has 0 spiro atoms. The van der Waals surface area contributed by atoms with Crippen LogP contribution in [0.25, 0.3) is 10.9 Å². The van der Waals surface area contributed by atoms with Gasteiger partial charge in [-0.1, -0.05) is 24.3 Å². The number of fused-ring (bicyclic) bond motifs is 1. The van der Waals surface area contributed by atoms with Gasteiger partial charge in [0.15, 0.2) is 0 Å². The van der Waals surface area contributed by atoms with Crippen LogP contribution >= 0.6 is 0 Å². The van der Waals surface area contributed by atoms with E-state index in [1.807, 2.05) is 0 Å². The van der Waals surface area contributed by atoms with E-state index in [1.165, 1.54) is 6.07 Å². The minimum atomic E-state index is -3.47. The Balaban J connectivity index is 2.14. The van der Waals surface area contributed by atoms with Crippen LogP contribution in [0.3, 0.4) is 0 Å². The van der Waals surface area contributed by atoms with Gasteiger partial charge >= 0.3 is 5.97 Å². The molecule has 0 aliphatic rings. The molecular formula is C21H23FN2O4S. The van der Waals surface area contributed by atoms with Gasteiger partial charge in [-0.25, -0.2) is 12.8 Å². The summed E-state index contributed by atoms with van der Waals surface area (Å²) in [4.78, 5) is 15.3. The molecule has 29 heavy (non-hydrogen) atoms. The fraction of sp³-hybridized carbons (Fsp3) is 0.286. The van der Waals surface area contributed by atoms with Crippen molar-refractivity contribution in [2.24, 2.45) is 0 Å². The van der Waals surface area contributed by atoms with E-state index in [1.54, 1.807) is 50.4 Å². The van der Waals surface area contributed by atoms with Crippen LogP contribution in [0.2, 0.25) is 0 Å². The molecule has 2 N–H and O–H groups in total. The summed E-state index contributed by atoms with van der Waals surface area (Å²) >= 11 is 0. The number of para-hydroxylation sites is 1. The van der Waals surface area contributed by atoms with Gasteiger partial charge in [-0.15, -0.1) is 0 Å². The number of ether oxygens (including phenoxy) is 1. The van der Waals surface area contributed by atoms with E-state index in [0.717, 1.165) is 11.8 Å². The monoisotopic (exact) mass is 418 g/mol. The third-order valence-corrected chi connectivity index (χ3v) is 5.22. The topological polar surface area (TPSA) is 88.3 Å². The van der Waals surface area contributed by atoms with Crippen molar-refractivity contribution in [1.82, 2.24) is 4.98 Å². The molecule has 1 unspecified atom stereocenters. The second kappa shape index (κ2) is 8.24. The molecule has 0 fully saturated rings. The first kappa shape index (κ1) is 20.9. The number of hydrogen-bond acceptors (Lipinski definition) is 4. The maximum atomic E-state index is 14.8. The Kier molecular flexibility index (Phi) is 5.93. The number of esters is 1. The molecule has 0 radical (unpaired) electrons. The van der Waals surface area contributed by atoms with Crippen molar-refractivity contribution in [2.75, 3.05) is 17.6 Å². The number of aromatic amines is 1. The van der Waals surface area contributed by atoms with Gasteiger partial charge < -0.3 is 9.72 Å². The third kappa shape index (κ3) is 4.76. The van der Waals surface area contributed by atoms with Crippen LogP contribution in [0.5, 0.6) is 0 Å². The van der Waals surface area contributed by atoms with Crippen molar-refractivity contribution in [3.8, 4) is 0 Å². The number of anilines is 1. The Bertz CT molecular complexity index is 1150. The smallest absolute Gasteiger partial charge is 0.306 e. The summed E-state index contributed by atoms with van der Waals surface area (Å²) in [5, 5.41) is 0.702. The molecule has 6 nitrogen and oxygen atoms in total. The summed E-state index contributed by atoms with van der Waals surface area (Å²) in [6.07, 6.45) is 2.72. The highest BCUT2D eigenvalue weighted by Gasteiger charge is 2.25. The van der Waals surface area contributed by atoms with Crippen LogP contribution in [0.4, 0.5) is 10.1 Å². The standard InChI is InChI=1S/C21H23FN2O4S/c1-4-28-20(25)11-16(14-9-8-13(2)10-18(14)22)17-12-23-21-15(17)6-5-7-19(21)24-29(3,26)27/h5-10,12,16,23-24H,4,11H2,1-3H3. The average Bonchev–Trinajstić information content (AvgIpc) is 3.04. The number of H-pyrrole nitrogens is 1. The lowest BCUT2D eigenvalue weighted by Crippen LogP contribution is -2.13. The number of carbonyl (C=O) groups is 1. The van der Waals surface area contributed by atoms with Gasteiger partial charge in [-0.2, -0.15) is 0 Å². The highest BCUT2D eigenvalue weighted by atomic mass is 32.2. The molecule has 0 saturated heterocycles. The number of sulfonamides is 1. The molecule has 154 valence electrons. The summed E-state index contributed by atoms with van der Waals surface area (Å²) in [5.74, 6) is -1.42. The highest BCUT2D eigenvalue weighted by molar-refractivity contribution is 7.92. The van der Waals surface area contributed by atoms with Gasteiger partial charge in [-0.05, 0) is 42.7 Å². The van der Waals surface area contributed by atoms with E-state index in [9.17, 15) is 17.6 Å². The number of benzene rings is 2. The van der Waals surface area contributed by atoms with E-state index in [-0.39, 0.29) is 13.0 Å².